The van der Waals surface area contributed by atoms with Gasteiger partial charge in [-0.1, -0.05) is 6.07 Å². The predicted molar refractivity (Wildman–Crippen MR) is 69.7 cm³/mol. The second-order valence-corrected chi connectivity index (χ2v) is 5.07. The molecule has 20 heavy (non-hydrogen) atoms. The van der Waals surface area contributed by atoms with Gasteiger partial charge in [0.05, 0.1) is 11.6 Å². The fourth-order valence-electron chi connectivity index (χ4n) is 2.71. The molecule has 6 nitrogen and oxygen atoms in total. The minimum absolute atomic E-state index is 0.146. The van der Waals surface area contributed by atoms with Gasteiger partial charge in [-0.05, 0) is 31.4 Å². The number of para-hydroxylation sites is 1. The molecule has 2 atom stereocenters. The number of hydrogen-bond acceptors (Lipinski definition) is 4. The zero-order valence-corrected chi connectivity index (χ0v) is 10.8. The van der Waals surface area contributed by atoms with Crippen LogP contribution < -0.4 is 14.8 Å². The van der Waals surface area contributed by atoms with Crippen molar-refractivity contribution in [2.45, 2.75) is 19.3 Å². The first-order valence-corrected chi connectivity index (χ1v) is 6.57. The number of carboxylic acids is 1. The fourth-order valence-corrected chi connectivity index (χ4v) is 2.71. The summed E-state index contributed by atoms with van der Waals surface area (Å²) in [6.45, 7) is 0.146. The van der Waals surface area contributed by atoms with Crippen LogP contribution in [0.5, 0.6) is 11.5 Å². The van der Waals surface area contributed by atoms with Gasteiger partial charge in [-0.25, -0.2) is 0 Å². The Labute approximate surface area is 115 Å². The van der Waals surface area contributed by atoms with Gasteiger partial charge in [0.25, 0.3) is 0 Å². The highest BCUT2D eigenvalue weighted by molar-refractivity contribution is 5.95. The van der Waals surface area contributed by atoms with Gasteiger partial charge in [0.2, 0.25) is 12.7 Å². The van der Waals surface area contributed by atoms with E-state index in [1.165, 1.54) is 0 Å². The van der Waals surface area contributed by atoms with E-state index in [2.05, 4.69) is 5.32 Å². The lowest BCUT2D eigenvalue weighted by atomic mass is 10.0. The van der Waals surface area contributed by atoms with E-state index in [0.717, 1.165) is 0 Å². The van der Waals surface area contributed by atoms with Crippen molar-refractivity contribution in [3.8, 4) is 11.5 Å². The molecule has 0 spiro atoms. The zero-order valence-electron chi connectivity index (χ0n) is 10.8. The number of nitrogens with one attached hydrogen (secondary N) is 1. The molecule has 1 aliphatic heterocycles. The van der Waals surface area contributed by atoms with Crippen LogP contribution in [0.15, 0.2) is 18.2 Å². The van der Waals surface area contributed by atoms with E-state index in [1.807, 2.05) is 0 Å². The van der Waals surface area contributed by atoms with Crippen molar-refractivity contribution in [1.82, 2.24) is 0 Å². The van der Waals surface area contributed by atoms with Crippen molar-refractivity contribution < 1.29 is 24.2 Å². The predicted octanol–water partition coefficient (Wildman–Crippen LogP) is 1.85. The molecule has 0 bridgehead atoms. The van der Waals surface area contributed by atoms with Crippen LogP contribution in [0.4, 0.5) is 5.69 Å². The average molecular weight is 277 g/mol. The first kappa shape index (κ1) is 12.8. The summed E-state index contributed by atoms with van der Waals surface area (Å²) in [4.78, 5) is 23.1. The first-order chi connectivity index (χ1) is 9.65. The number of carboxylic acid groups (broad SMARTS) is 1. The van der Waals surface area contributed by atoms with Gasteiger partial charge in [-0.15, -0.1) is 0 Å². The summed E-state index contributed by atoms with van der Waals surface area (Å²) in [5, 5.41) is 11.8. The van der Waals surface area contributed by atoms with Crippen molar-refractivity contribution in [3.63, 3.8) is 0 Å². The lowest BCUT2D eigenvalue weighted by Gasteiger charge is -2.12. The Hall–Kier alpha value is -2.24. The largest absolute Gasteiger partial charge is 0.481 e. The van der Waals surface area contributed by atoms with Crippen molar-refractivity contribution in [2.75, 3.05) is 12.1 Å². The van der Waals surface area contributed by atoms with Crippen LogP contribution in [0.25, 0.3) is 0 Å². The third-order valence-corrected chi connectivity index (χ3v) is 3.81. The molecule has 2 N–H and O–H groups in total. The van der Waals surface area contributed by atoms with E-state index in [0.29, 0.717) is 36.4 Å². The fraction of sp³-hybridized carbons (Fsp3) is 0.429. The van der Waals surface area contributed by atoms with Crippen molar-refractivity contribution in [3.05, 3.63) is 18.2 Å². The molecular weight excluding hydrogens is 262 g/mol. The molecule has 6 heteroatoms. The number of benzene rings is 1. The first-order valence-electron chi connectivity index (χ1n) is 6.57. The molecule has 0 saturated heterocycles. The van der Waals surface area contributed by atoms with Crippen LogP contribution in [0.1, 0.15) is 19.3 Å². The third-order valence-electron chi connectivity index (χ3n) is 3.81. The summed E-state index contributed by atoms with van der Waals surface area (Å²) in [6, 6.07) is 5.29. The molecule has 1 heterocycles. The topological polar surface area (TPSA) is 84.9 Å². The van der Waals surface area contributed by atoms with Crippen LogP contribution in [-0.4, -0.2) is 23.8 Å². The van der Waals surface area contributed by atoms with Gasteiger partial charge in [-0.3, -0.25) is 9.59 Å². The van der Waals surface area contributed by atoms with Gasteiger partial charge in [0.15, 0.2) is 11.5 Å². The molecule has 1 saturated carbocycles. The smallest absolute Gasteiger partial charge is 0.306 e. The van der Waals surface area contributed by atoms with E-state index < -0.39 is 11.9 Å². The molecule has 2 aliphatic rings. The van der Waals surface area contributed by atoms with Crippen molar-refractivity contribution in [2.24, 2.45) is 11.8 Å². The zero-order chi connectivity index (χ0) is 14.1. The summed E-state index contributed by atoms with van der Waals surface area (Å²) in [5.74, 6) is -0.498. The Morgan fingerprint density at radius 2 is 2.00 bits per heavy atom. The van der Waals surface area contributed by atoms with Crippen LogP contribution in [0, 0.1) is 11.8 Å². The maximum atomic E-state index is 12.2. The Bertz CT molecular complexity index is 556. The van der Waals surface area contributed by atoms with E-state index in [4.69, 9.17) is 14.6 Å². The number of carbonyl (C=O) groups is 2. The number of anilines is 1. The second-order valence-electron chi connectivity index (χ2n) is 5.07. The second kappa shape index (κ2) is 5.03. The maximum Gasteiger partial charge on any atom is 0.306 e. The number of ether oxygens (including phenoxy) is 2. The Morgan fingerprint density at radius 1 is 1.20 bits per heavy atom. The van der Waals surface area contributed by atoms with Crippen LogP contribution in [0.2, 0.25) is 0 Å². The van der Waals surface area contributed by atoms with Crippen LogP contribution >= 0.6 is 0 Å². The number of aliphatic carboxylic acids is 1. The average Bonchev–Trinajstić information content (AvgIpc) is 3.08. The summed E-state index contributed by atoms with van der Waals surface area (Å²) >= 11 is 0. The molecule has 0 radical (unpaired) electrons. The Morgan fingerprint density at radius 3 is 2.75 bits per heavy atom. The monoisotopic (exact) mass is 277 g/mol. The molecular formula is C14H15NO5. The maximum absolute atomic E-state index is 12.2. The minimum atomic E-state index is -0.822. The van der Waals surface area contributed by atoms with Crippen LogP contribution in [-0.2, 0) is 9.59 Å². The summed E-state index contributed by atoms with van der Waals surface area (Å²) < 4.78 is 10.6. The highest BCUT2D eigenvalue weighted by atomic mass is 16.7. The highest BCUT2D eigenvalue weighted by Gasteiger charge is 2.34. The van der Waals surface area contributed by atoms with E-state index in [1.54, 1.807) is 18.2 Å². The Balaban J connectivity index is 1.68. The van der Waals surface area contributed by atoms with Crippen molar-refractivity contribution in [1.29, 1.82) is 0 Å². The molecule has 0 aromatic heterocycles. The van der Waals surface area contributed by atoms with E-state index >= 15 is 0 Å². The summed E-state index contributed by atoms with van der Waals surface area (Å²) in [5.41, 5.74) is 0.573. The third kappa shape index (κ3) is 2.29. The van der Waals surface area contributed by atoms with Crippen molar-refractivity contribution >= 4 is 17.6 Å². The molecule has 1 aromatic carbocycles. The van der Waals surface area contributed by atoms with E-state index in [-0.39, 0.29) is 18.6 Å². The van der Waals surface area contributed by atoms with Crippen LogP contribution in [0.3, 0.4) is 0 Å². The highest BCUT2D eigenvalue weighted by Crippen LogP contribution is 2.40. The molecule has 106 valence electrons. The lowest BCUT2D eigenvalue weighted by Crippen LogP contribution is -2.21. The number of fused-ring (bicyclic) bond motifs is 1. The molecule has 1 amide bonds. The summed E-state index contributed by atoms with van der Waals surface area (Å²) in [7, 11) is 0. The summed E-state index contributed by atoms with van der Waals surface area (Å²) in [6.07, 6.45) is 1.56. The standard InChI is InChI=1S/C14H15NO5/c16-13(8-4-5-9(6-8)14(17)18)15-10-2-1-3-11-12(10)20-7-19-11/h1-3,8-9H,4-7H2,(H,15,16)(H,17,18)/t8-,9+/m0/s1. The quantitative estimate of drug-likeness (QED) is 0.880. The van der Waals surface area contributed by atoms with E-state index in [9.17, 15) is 9.59 Å². The lowest BCUT2D eigenvalue weighted by molar-refractivity contribution is -0.141. The normalized spacial score (nSPS) is 23.6. The van der Waals surface area contributed by atoms with Gasteiger partial charge >= 0.3 is 5.97 Å². The number of hydrogen-bond donors (Lipinski definition) is 2. The molecule has 0 unspecified atom stereocenters. The molecule has 1 aliphatic carbocycles. The number of carbonyl (C=O) groups excluding carboxylic acids is 1. The number of amides is 1. The van der Waals surface area contributed by atoms with Gasteiger partial charge in [0, 0.05) is 5.92 Å². The van der Waals surface area contributed by atoms with Gasteiger partial charge in [0.1, 0.15) is 0 Å². The number of rotatable bonds is 3. The Kier molecular flexibility index (Phi) is 3.22. The SMILES string of the molecule is O=C(O)[C@@H]1CC[C@H](C(=O)Nc2cccc3c2OCO3)C1. The van der Waals surface area contributed by atoms with Gasteiger partial charge < -0.3 is 19.9 Å². The minimum Gasteiger partial charge on any atom is -0.481 e. The molecule has 1 aromatic rings. The van der Waals surface area contributed by atoms with Gasteiger partial charge in [-0.2, -0.15) is 0 Å². The molecule has 3 rings (SSSR count). The molecule has 1 fully saturated rings.